The number of hydrogen-bond donors (Lipinski definition) is 0. The van der Waals surface area contributed by atoms with Crippen LogP contribution in [0, 0.1) is 5.92 Å². The Morgan fingerprint density at radius 2 is 2.17 bits per heavy atom. The van der Waals surface area contributed by atoms with Crippen LogP contribution in [0.5, 0.6) is 5.75 Å². The number of ether oxygens (including phenoxy) is 1. The van der Waals surface area contributed by atoms with Gasteiger partial charge in [-0.2, -0.15) is 0 Å². The Bertz CT molecular complexity index is 681. The summed E-state index contributed by atoms with van der Waals surface area (Å²) in [5.74, 6) is 1.74. The molecular formula is C19H24N2O2S. The van der Waals surface area contributed by atoms with E-state index in [-0.39, 0.29) is 5.91 Å². The van der Waals surface area contributed by atoms with Crippen molar-refractivity contribution in [1.82, 2.24) is 9.88 Å². The summed E-state index contributed by atoms with van der Waals surface area (Å²) in [4.78, 5) is 19.0. The zero-order valence-corrected chi connectivity index (χ0v) is 15.1. The molecule has 5 heteroatoms. The topological polar surface area (TPSA) is 42.4 Å². The van der Waals surface area contributed by atoms with E-state index in [1.54, 1.807) is 18.4 Å². The molecule has 1 aromatic heterocycles. The van der Waals surface area contributed by atoms with E-state index in [0.29, 0.717) is 12.3 Å². The van der Waals surface area contributed by atoms with Gasteiger partial charge in [0, 0.05) is 30.5 Å². The van der Waals surface area contributed by atoms with Crippen molar-refractivity contribution >= 4 is 17.2 Å². The molecule has 0 spiro atoms. The molecule has 24 heavy (non-hydrogen) atoms. The van der Waals surface area contributed by atoms with Crippen LogP contribution in [-0.4, -0.2) is 36.0 Å². The van der Waals surface area contributed by atoms with Crippen molar-refractivity contribution in [1.29, 1.82) is 0 Å². The normalized spacial score (nSPS) is 17.8. The van der Waals surface area contributed by atoms with Crippen molar-refractivity contribution in [2.24, 2.45) is 5.92 Å². The lowest BCUT2D eigenvalue weighted by Gasteiger charge is -2.31. The fourth-order valence-electron chi connectivity index (χ4n) is 3.10. The van der Waals surface area contributed by atoms with Gasteiger partial charge >= 0.3 is 0 Å². The third-order valence-corrected chi connectivity index (χ3v) is 5.43. The number of carbonyl (C=O) groups is 1. The molecule has 1 unspecified atom stereocenters. The molecule has 2 aromatic rings. The zero-order valence-electron chi connectivity index (χ0n) is 14.3. The van der Waals surface area contributed by atoms with Gasteiger partial charge in [-0.05, 0) is 49.4 Å². The first-order valence-electron chi connectivity index (χ1n) is 8.52. The van der Waals surface area contributed by atoms with Gasteiger partial charge in [-0.15, -0.1) is 11.3 Å². The second kappa shape index (κ2) is 7.79. The fraction of sp³-hybridized carbons (Fsp3) is 0.474. The maximum atomic E-state index is 12.4. The van der Waals surface area contributed by atoms with Gasteiger partial charge in [0.1, 0.15) is 10.8 Å². The minimum Gasteiger partial charge on any atom is -0.497 e. The summed E-state index contributed by atoms with van der Waals surface area (Å²) in [6.07, 6.45) is 3.64. The number of carbonyl (C=O) groups excluding carboxylic acids is 1. The van der Waals surface area contributed by atoms with Gasteiger partial charge in [0.05, 0.1) is 12.8 Å². The maximum Gasteiger partial charge on any atom is 0.222 e. The van der Waals surface area contributed by atoms with E-state index in [4.69, 9.17) is 4.74 Å². The second-order valence-corrected chi connectivity index (χ2v) is 7.32. The van der Waals surface area contributed by atoms with Gasteiger partial charge in [-0.3, -0.25) is 4.79 Å². The molecule has 0 N–H and O–H groups in total. The van der Waals surface area contributed by atoms with Crippen LogP contribution in [0.25, 0.3) is 10.6 Å². The number of hydrogen-bond acceptors (Lipinski definition) is 4. The molecular weight excluding hydrogens is 320 g/mol. The van der Waals surface area contributed by atoms with Crippen LogP contribution in [0.3, 0.4) is 0 Å². The minimum absolute atomic E-state index is 0.264. The van der Waals surface area contributed by atoms with E-state index < -0.39 is 0 Å². The Balaban J connectivity index is 1.56. The third-order valence-electron chi connectivity index (χ3n) is 4.49. The number of likely N-dealkylation sites (tertiary alicyclic amines) is 1. The van der Waals surface area contributed by atoms with Gasteiger partial charge in [0.15, 0.2) is 0 Å². The molecule has 0 bridgehead atoms. The molecule has 4 nitrogen and oxygen atoms in total. The first kappa shape index (κ1) is 17.0. The predicted octanol–water partition coefficient (Wildman–Crippen LogP) is 4.01. The molecule has 0 radical (unpaired) electrons. The highest BCUT2D eigenvalue weighted by molar-refractivity contribution is 7.13. The third kappa shape index (κ3) is 4.15. The Labute approximate surface area is 147 Å². The number of rotatable bonds is 5. The number of piperidine rings is 1. The van der Waals surface area contributed by atoms with Gasteiger partial charge in [0.25, 0.3) is 0 Å². The zero-order chi connectivity index (χ0) is 16.9. The largest absolute Gasteiger partial charge is 0.497 e. The molecule has 128 valence electrons. The number of amides is 1. The van der Waals surface area contributed by atoms with Crippen LogP contribution in [0.2, 0.25) is 0 Å². The monoisotopic (exact) mass is 344 g/mol. The average Bonchev–Trinajstić information content (AvgIpc) is 3.09. The van der Waals surface area contributed by atoms with Gasteiger partial charge < -0.3 is 9.64 Å². The number of benzene rings is 1. The van der Waals surface area contributed by atoms with E-state index in [2.05, 4.69) is 17.3 Å². The van der Waals surface area contributed by atoms with Crippen molar-refractivity contribution < 1.29 is 9.53 Å². The summed E-state index contributed by atoms with van der Waals surface area (Å²) >= 11 is 1.63. The van der Waals surface area contributed by atoms with E-state index in [1.807, 2.05) is 29.2 Å². The summed E-state index contributed by atoms with van der Waals surface area (Å²) in [5.41, 5.74) is 2.09. The summed E-state index contributed by atoms with van der Waals surface area (Å²) in [6, 6.07) is 7.92. The highest BCUT2D eigenvalue weighted by Gasteiger charge is 2.20. The molecule has 0 aliphatic carbocycles. The van der Waals surface area contributed by atoms with Crippen molar-refractivity contribution in [2.75, 3.05) is 20.2 Å². The highest BCUT2D eigenvalue weighted by Crippen LogP contribution is 2.26. The van der Waals surface area contributed by atoms with Crippen LogP contribution in [0.4, 0.5) is 0 Å². The highest BCUT2D eigenvalue weighted by atomic mass is 32.1. The van der Waals surface area contributed by atoms with E-state index in [0.717, 1.165) is 47.9 Å². The van der Waals surface area contributed by atoms with Crippen molar-refractivity contribution in [2.45, 2.75) is 32.6 Å². The minimum atomic E-state index is 0.264. The Hall–Kier alpha value is -1.88. The van der Waals surface area contributed by atoms with Gasteiger partial charge in [0.2, 0.25) is 5.91 Å². The molecule has 1 atom stereocenters. The van der Waals surface area contributed by atoms with E-state index in [1.165, 1.54) is 6.42 Å². The molecule has 0 saturated carbocycles. The SMILES string of the molecule is COc1ccc(-c2nc(CCC(=O)N3CCCC(C)C3)cs2)cc1. The van der Waals surface area contributed by atoms with Crippen molar-refractivity contribution in [3.05, 3.63) is 35.3 Å². The standard InChI is InChI=1S/C19H24N2O2S/c1-14-4-3-11-21(12-14)18(22)10-7-16-13-24-19(20-16)15-5-8-17(23-2)9-6-15/h5-6,8-9,13-14H,3-4,7,10-12H2,1-2H3. The van der Waals surface area contributed by atoms with Crippen molar-refractivity contribution in [3.63, 3.8) is 0 Å². The van der Waals surface area contributed by atoms with Gasteiger partial charge in [-0.25, -0.2) is 4.98 Å². The lowest BCUT2D eigenvalue weighted by atomic mass is 10.00. The molecule has 3 rings (SSSR count). The second-order valence-electron chi connectivity index (χ2n) is 6.46. The fourth-order valence-corrected chi connectivity index (χ4v) is 3.96. The number of methoxy groups -OCH3 is 1. The van der Waals surface area contributed by atoms with Crippen LogP contribution < -0.4 is 4.74 Å². The number of aryl methyl sites for hydroxylation is 1. The number of aromatic nitrogens is 1. The predicted molar refractivity (Wildman–Crippen MR) is 97.4 cm³/mol. The molecule has 2 heterocycles. The molecule has 1 amide bonds. The quantitative estimate of drug-likeness (QED) is 0.823. The molecule has 1 aliphatic heterocycles. The molecule has 1 fully saturated rings. The summed E-state index contributed by atoms with van der Waals surface area (Å²) in [6.45, 7) is 4.05. The van der Waals surface area contributed by atoms with Gasteiger partial charge in [-0.1, -0.05) is 6.92 Å². The number of thiazole rings is 1. The van der Waals surface area contributed by atoms with Crippen LogP contribution in [0.1, 0.15) is 31.9 Å². The van der Waals surface area contributed by atoms with Crippen LogP contribution >= 0.6 is 11.3 Å². The Kier molecular flexibility index (Phi) is 5.51. The Morgan fingerprint density at radius 1 is 1.38 bits per heavy atom. The average molecular weight is 344 g/mol. The molecule has 1 saturated heterocycles. The summed E-state index contributed by atoms with van der Waals surface area (Å²) < 4.78 is 5.18. The smallest absolute Gasteiger partial charge is 0.222 e. The van der Waals surface area contributed by atoms with Crippen molar-refractivity contribution in [3.8, 4) is 16.3 Å². The first-order chi connectivity index (χ1) is 11.7. The Morgan fingerprint density at radius 3 is 2.88 bits per heavy atom. The summed E-state index contributed by atoms with van der Waals surface area (Å²) in [5, 5.41) is 3.05. The lowest BCUT2D eigenvalue weighted by molar-refractivity contribution is -0.132. The number of nitrogens with zero attached hydrogens (tertiary/aromatic N) is 2. The van der Waals surface area contributed by atoms with Crippen LogP contribution in [-0.2, 0) is 11.2 Å². The molecule has 1 aromatic carbocycles. The van der Waals surface area contributed by atoms with Crippen LogP contribution in [0.15, 0.2) is 29.6 Å². The van der Waals surface area contributed by atoms with E-state index >= 15 is 0 Å². The summed E-state index contributed by atoms with van der Waals surface area (Å²) in [7, 11) is 1.66. The molecule has 1 aliphatic rings. The maximum absolute atomic E-state index is 12.4. The van der Waals surface area contributed by atoms with E-state index in [9.17, 15) is 4.79 Å². The lowest BCUT2D eigenvalue weighted by Crippen LogP contribution is -2.39. The first-order valence-corrected chi connectivity index (χ1v) is 9.40.